The van der Waals surface area contributed by atoms with Crippen molar-refractivity contribution < 1.29 is 4.39 Å². The minimum Gasteiger partial charge on any atom is -0.330 e. The Morgan fingerprint density at radius 1 is 1.44 bits per heavy atom. The summed E-state index contributed by atoms with van der Waals surface area (Å²) in [6.45, 7) is 3.66. The molecular weight excluding hydrogens is 203 g/mol. The number of likely N-dealkylation sites (tertiary alicyclic amines) is 1. The number of benzene rings is 1. The molecule has 0 aliphatic carbocycles. The van der Waals surface area contributed by atoms with E-state index in [0.717, 1.165) is 30.6 Å². The molecule has 1 aromatic rings. The normalized spacial score (nSPS) is 26.2. The molecule has 3 heteroatoms. The van der Waals surface area contributed by atoms with Crippen LogP contribution in [0.4, 0.5) is 4.39 Å². The smallest absolute Gasteiger partial charge is 0.123 e. The molecule has 0 saturated carbocycles. The highest BCUT2D eigenvalue weighted by molar-refractivity contribution is 5.27. The van der Waals surface area contributed by atoms with Gasteiger partial charge >= 0.3 is 0 Å². The molecule has 0 spiro atoms. The second-order valence-corrected chi connectivity index (χ2v) is 4.85. The zero-order chi connectivity index (χ0) is 11.7. The lowest BCUT2D eigenvalue weighted by Crippen LogP contribution is -2.20. The Hall–Kier alpha value is -0.930. The van der Waals surface area contributed by atoms with E-state index in [1.54, 1.807) is 12.1 Å². The largest absolute Gasteiger partial charge is 0.330 e. The maximum Gasteiger partial charge on any atom is 0.123 e. The quantitative estimate of drug-likeness (QED) is 0.830. The Balaban J connectivity index is 2.24. The number of nitrogens with zero attached hydrogens (tertiary/aromatic N) is 1. The van der Waals surface area contributed by atoms with E-state index in [9.17, 15) is 4.39 Å². The zero-order valence-corrected chi connectivity index (χ0v) is 9.91. The fourth-order valence-electron chi connectivity index (χ4n) is 2.62. The lowest BCUT2D eigenvalue weighted by molar-refractivity contribution is 0.313. The minimum atomic E-state index is -0.139. The number of hydrogen-bond acceptors (Lipinski definition) is 2. The molecule has 16 heavy (non-hydrogen) atoms. The summed E-state index contributed by atoms with van der Waals surface area (Å²) in [6.07, 6.45) is 1.04. The summed E-state index contributed by atoms with van der Waals surface area (Å²) in [7, 11) is 2.08. The highest BCUT2D eigenvalue weighted by atomic mass is 19.1. The van der Waals surface area contributed by atoms with E-state index in [1.807, 2.05) is 6.92 Å². The van der Waals surface area contributed by atoms with Crippen LogP contribution in [0.25, 0.3) is 0 Å². The van der Waals surface area contributed by atoms with E-state index in [4.69, 9.17) is 5.73 Å². The van der Waals surface area contributed by atoms with Gasteiger partial charge in [-0.05, 0) is 56.1 Å². The summed E-state index contributed by atoms with van der Waals surface area (Å²) in [6, 6.07) is 5.61. The third-order valence-electron chi connectivity index (χ3n) is 3.42. The first-order chi connectivity index (χ1) is 7.60. The molecule has 0 radical (unpaired) electrons. The van der Waals surface area contributed by atoms with Crippen molar-refractivity contribution in [1.82, 2.24) is 4.90 Å². The average molecular weight is 222 g/mol. The van der Waals surface area contributed by atoms with Crippen LogP contribution >= 0.6 is 0 Å². The SMILES string of the molecule is Cc1cc(F)cc(C2CC(CN)CN2C)c1. The van der Waals surface area contributed by atoms with Gasteiger partial charge in [0.25, 0.3) is 0 Å². The van der Waals surface area contributed by atoms with Gasteiger partial charge in [0.15, 0.2) is 0 Å². The van der Waals surface area contributed by atoms with Crippen LogP contribution in [0, 0.1) is 18.7 Å². The zero-order valence-electron chi connectivity index (χ0n) is 9.91. The first-order valence-corrected chi connectivity index (χ1v) is 5.77. The molecule has 1 aliphatic rings. The van der Waals surface area contributed by atoms with Crippen molar-refractivity contribution in [2.24, 2.45) is 11.7 Å². The maximum absolute atomic E-state index is 13.3. The van der Waals surface area contributed by atoms with Crippen LogP contribution in [-0.4, -0.2) is 25.0 Å². The van der Waals surface area contributed by atoms with Crippen LogP contribution in [0.2, 0.25) is 0 Å². The first-order valence-electron chi connectivity index (χ1n) is 5.77. The second-order valence-electron chi connectivity index (χ2n) is 4.85. The summed E-state index contributed by atoms with van der Waals surface area (Å²) < 4.78 is 13.3. The van der Waals surface area contributed by atoms with Crippen molar-refractivity contribution in [3.8, 4) is 0 Å². The van der Waals surface area contributed by atoms with Gasteiger partial charge in [0.2, 0.25) is 0 Å². The predicted octanol–water partition coefficient (Wildman–Crippen LogP) is 2.09. The van der Waals surface area contributed by atoms with Crippen molar-refractivity contribution in [3.63, 3.8) is 0 Å². The van der Waals surface area contributed by atoms with Gasteiger partial charge in [-0.1, -0.05) is 6.07 Å². The lowest BCUT2D eigenvalue weighted by Gasteiger charge is -2.20. The molecular formula is C13H19FN2. The predicted molar refractivity (Wildman–Crippen MR) is 63.7 cm³/mol. The third-order valence-corrected chi connectivity index (χ3v) is 3.42. The van der Waals surface area contributed by atoms with Gasteiger partial charge in [0, 0.05) is 12.6 Å². The lowest BCUT2D eigenvalue weighted by atomic mass is 9.98. The summed E-state index contributed by atoms with van der Waals surface area (Å²) in [5, 5.41) is 0. The molecule has 2 rings (SSSR count). The van der Waals surface area contributed by atoms with Crippen LogP contribution in [0.3, 0.4) is 0 Å². The molecule has 2 N–H and O–H groups in total. The Morgan fingerprint density at radius 3 is 2.75 bits per heavy atom. The van der Waals surface area contributed by atoms with Crippen LogP contribution in [-0.2, 0) is 0 Å². The van der Waals surface area contributed by atoms with Gasteiger partial charge < -0.3 is 5.73 Å². The first kappa shape index (κ1) is 11.6. The Labute approximate surface area is 96.2 Å². The van der Waals surface area contributed by atoms with Crippen LogP contribution < -0.4 is 5.73 Å². The van der Waals surface area contributed by atoms with Gasteiger partial charge in [-0.25, -0.2) is 4.39 Å². The molecule has 1 saturated heterocycles. The van der Waals surface area contributed by atoms with E-state index >= 15 is 0 Å². The van der Waals surface area contributed by atoms with E-state index < -0.39 is 0 Å². The molecule has 2 unspecified atom stereocenters. The highest BCUT2D eigenvalue weighted by Gasteiger charge is 2.29. The van der Waals surface area contributed by atoms with Crippen molar-refractivity contribution in [1.29, 1.82) is 0 Å². The van der Waals surface area contributed by atoms with Gasteiger partial charge in [-0.2, -0.15) is 0 Å². The van der Waals surface area contributed by atoms with Gasteiger partial charge in [-0.3, -0.25) is 4.90 Å². The van der Waals surface area contributed by atoms with Crippen molar-refractivity contribution in [2.45, 2.75) is 19.4 Å². The molecule has 1 fully saturated rings. The van der Waals surface area contributed by atoms with E-state index in [-0.39, 0.29) is 5.82 Å². The summed E-state index contributed by atoms with van der Waals surface area (Å²) in [5.41, 5.74) is 7.76. The Bertz CT molecular complexity index is 358. The van der Waals surface area contributed by atoms with E-state index in [0.29, 0.717) is 12.0 Å². The monoisotopic (exact) mass is 222 g/mol. The number of hydrogen-bond donors (Lipinski definition) is 1. The van der Waals surface area contributed by atoms with Gasteiger partial charge in [0.05, 0.1) is 0 Å². The minimum absolute atomic E-state index is 0.139. The second kappa shape index (κ2) is 4.52. The van der Waals surface area contributed by atoms with E-state index in [2.05, 4.69) is 18.0 Å². The summed E-state index contributed by atoms with van der Waals surface area (Å²) >= 11 is 0. The molecule has 2 nitrogen and oxygen atoms in total. The standard InChI is InChI=1S/C13H19FN2/c1-9-3-11(6-12(14)4-9)13-5-10(7-15)8-16(13)2/h3-4,6,10,13H,5,7-8,15H2,1-2H3. The Morgan fingerprint density at radius 2 is 2.19 bits per heavy atom. The Kier molecular flexibility index (Phi) is 3.26. The summed E-state index contributed by atoms with van der Waals surface area (Å²) in [5.74, 6) is 0.401. The third kappa shape index (κ3) is 2.25. The van der Waals surface area contributed by atoms with Crippen LogP contribution in [0.1, 0.15) is 23.6 Å². The highest BCUT2D eigenvalue weighted by Crippen LogP contribution is 2.34. The number of nitrogens with two attached hydrogens (primary N) is 1. The van der Waals surface area contributed by atoms with E-state index in [1.165, 1.54) is 0 Å². The average Bonchev–Trinajstić information content (AvgIpc) is 2.58. The molecule has 1 aromatic carbocycles. The molecule has 1 aliphatic heterocycles. The molecule has 0 bridgehead atoms. The molecule has 1 heterocycles. The van der Waals surface area contributed by atoms with Crippen LogP contribution in [0.5, 0.6) is 0 Å². The molecule has 88 valence electrons. The number of rotatable bonds is 2. The molecule has 0 amide bonds. The van der Waals surface area contributed by atoms with Crippen molar-refractivity contribution in [2.75, 3.05) is 20.1 Å². The van der Waals surface area contributed by atoms with Crippen molar-refractivity contribution >= 4 is 0 Å². The fraction of sp³-hybridized carbons (Fsp3) is 0.538. The maximum atomic E-state index is 13.3. The number of halogens is 1. The number of aryl methyl sites for hydroxylation is 1. The van der Waals surface area contributed by atoms with Gasteiger partial charge in [-0.15, -0.1) is 0 Å². The summed E-state index contributed by atoms with van der Waals surface area (Å²) in [4.78, 5) is 2.27. The topological polar surface area (TPSA) is 29.3 Å². The molecule has 2 atom stereocenters. The molecule has 0 aromatic heterocycles. The fourth-order valence-corrected chi connectivity index (χ4v) is 2.62. The van der Waals surface area contributed by atoms with Crippen LogP contribution in [0.15, 0.2) is 18.2 Å². The van der Waals surface area contributed by atoms with Gasteiger partial charge in [0.1, 0.15) is 5.82 Å². The van der Waals surface area contributed by atoms with Crippen molar-refractivity contribution in [3.05, 3.63) is 35.1 Å².